The first-order chi connectivity index (χ1) is 13.2. The van der Waals surface area contributed by atoms with Crippen LogP contribution in [0.2, 0.25) is 0 Å². The fourth-order valence-corrected chi connectivity index (χ4v) is 3.48. The number of rotatable bonds is 11. The van der Waals surface area contributed by atoms with E-state index in [0.717, 1.165) is 56.7 Å². The molecule has 2 rings (SSSR count). The molecular weight excluding hydrogens is 467 g/mol. The van der Waals surface area contributed by atoms with Crippen molar-refractivity contribution in [1.82, 2.24) is 15.6 Å². The number of aliphatic hydroxyl groups is 1. The van der Waals surface area contributed by atoms with Crippen LogP contribution in [0.5, 0.6) is 5.88 Å². The fourth-order valence-electron chi connectivity index (χ4n) is 3.48. The molecule has 1 unspecified atom stereocenters. The summed E-state index contributed by atoms with van der Waals surface area (Å²) in [5.41, 5.74) is 1.09. The highest BCUT2D eigenvalue weighted by Crippen LogP contribution is 2.23. The van der Waals surface area contributed by atoms with E-state index in [1.807, 2.05) is 12.1 Å². The Morgan fingerprint density at radius 3 is 2.75 bits per heavy atom. The number of guanidine groups is 1. The van der Waals surface area contributed by atoms with Crippen LogP contribution >= 0.6 is 24.0 Å². The molecule has 0 radical (unpaired) electrons. The molecule has 160 valence electrons. The van der Waals surface area contributed by atoms with Gasteiger partial charge in [-0.3, -0.25) is 0 Å². The maximum atomic E-state index is 9.22. The van der Waals surface area contributed by atoms with Gasteiger partial charge in [-0.05, 0) is 63.0 Å². The third-order valence-electron chi connectivity index (χ3n) is 4.95. The van der Waals surface area contributed by atoms with Crippen LogP contribution < -0.4 is 15.4 Å². The van der Waals surface area contributed by atoms with Gasteiger partial charge in [0, 0.05) is 32.0 Å². The van der Waals surface area contributed by atoms with Crippen molar-refractivity contribution in [3.8, 4) is 5.88 Å². The average molecular weight is 504 g/mol. The second-order valence-corrected chi connectivity index (χ2v) is 7.27. The number of aromatic nitrogens is 1. The van der Waals surface area contributed by atoms with E-state index in [2.05, 4.69) is 29.5 Å². The van der Waals surface area contributed by atoms with Gasteiger partial charge in [-0.1, -0.05) is 13.3 Å². The molecule has 0 aromatic carbocycles. The Kier molecular flexibility index (Phi) is 13.2. The molecule has 1 atom stereocenters. The highest BCUT2D eigenvalue weighted by molar-refractivity contribution is 14.0. The lowest BCUT2D eigenvalue weighted by molar-refractivity contribution is 0.201. The van der Waals surface area contributed by atoms with Crippen molar-refractivity contribution in [2.24, 2.45) is 10.9 Å². The van der Waals surface area contributed by atoms with Gasteiger partial charge in [-0.25, -0.2) is 9.98 Å². The van der Waals surface area contributed by atoms with Gasteiger partial charge >= 0.3 is 0 Å². The molecule has 6 nitrogen and oxygen atoms in total. The molecular formula is C21H37IN4O2. The lowest BCUT2D eigenvalue weighted by Crippen LogP contribution is -2.40. The standard InChI is InChI=1S/C21H36N4O2.HI/c1-3-7-17(11-13-26)15-24-21(22-4-2)25-16-18-10-12-23-20(14-18)27-19-8-5-6-9-19;/h10,12,14,17,19,26H,3-9,11,13,15-16H2,1-2H3,(H2,22,24,25);1H. The van der Waals surface area contributed by atoms with E-state index in [1.165, 1.54) is 12.8 Å². The normalized spacial score (nSPS) is 15.8. The van der Waals surface area contributed by atoms with Crippen LogP contribution in [0.4, 0.5) is 0 Å². The molecule has 0 spiro atoms. The van der Waals surface area contributed by atoms with Crippen LogP contribution in [0, 0.1) is 5.92 Å². The van der Waals surface area contributed by atoms with E-state index >= 15 is 0 Å². The maximum Gasteiger partial charge on any atom is 0.213 e. The minimum atomic E-state index is 0. The number of pyridine rings is 1. The molecule has 1 saturated carbocycles. The lowest BCUT2D eigenvalue weighted by Gasteiger charge is -2.18. The second kappa shape index (κ2) is 14.8. The van der Waals surface area contributed by atoms with Crippen LogP contribution in [0.15, 0.2) is 23.3 Å². The van der Waals surface area contributed by atoms with Gasteiger partial charge in [0.2, 0.25) is 5.88 Å². The molecule has 1 aliphatic rings. The summed E-state index contributed by atoms with van der Waals surface area (Å²) in [6.07, 6.45) is 9.94. The summed E-state index contributed by atoms with van der Waals surface area (Å²) < 4.78 is 5.99. The van der Waals surface area contributed by atoms with E-state index in [-0.39, 0.29) is 30.6 Å². The number of ether oxygens (including phenoxy) is 1. The zero-order valence-electron chi connectivity index (χ0n) is 17.3. The van der Waals surface area contributed by atoms with Gasteiger partial charge in [0.25, 0.3) is 0 Å². The molecule has 1 aliphatic carbocycles. The molecule has 7 heteroatoms. The maximum absolute atomic E-state index is 9.22. The lowest BCUT2D eigenvalue weighted by atomic mass is 10.0. The van der Waals surface area contributed by atoms with Crippen LogP contribution in [0.1, 0.15) is 64.4 Å². The van der Waals surface area contributed by atoms with Crippen LogP contribution in [0.25, 0.3) is 0 Å². The van der Waals surface area contributed by atoms with Crippen LogP contribution in [-0.2, 0) is 6.54 Å². The fraction of sp³-hybridized carbons (Fsp3) is 0.714. The van der Waals surface area contributed by atoms with Crippen molar-refractivity contribution in [1.29, 1.82) is 0 Å². The number of hydrogen-bond donors (Lipinski definition) is 3. The number of halogens is 1. The van der Waals surface area contributed by atoms with E-state index in [4.69, 9.17) is 9.73 Å². The van der Waals surface area contributed by atoms with E-state index in [9.17, 15) is 5.11 Å². The van der Waals surface area contributed by atoms with Crippen LogP contribution in [0.3, 0.4) is 0 Å². The molecule has 1 aromatic heterocycles. The van der Waals surface area contributed by atoms with Crippen molar-refractivity contribution in [2.75, 3.05) is 19.7 Å². The summed E-state index contributed by atoms with van der Waals surface area (Å²) in [6.45, 7) is 6.70. The smallest absolute Gasteiger partial charge is 0.213 e. The Morgan fingerprint density at radius 2 is 2.07 bits per heavy atom. The van der Waals surface area contributed by atoms with Gasteiger partial charge in [0.15, 0.2) is 5.96 Å². The summed E-state index contributed by atoms with van der Waals surface area (Å²) in [5.74, 6) is 1.99. The Balaban J connectivity index is 0.00000392. The van der Waals surface area contributed by atoms with Crippen LogP contribution in [-0.4, -0.2) is 41.9 Å². The summed E-state index contributed by atoms with van der Waals surface area (Å²) in [7, 11) is 0. The minimum absolute atomic E-state index is 0. The zero-order chi connectivity index (χ0) is 19.3. The monoisotopic (exact) mass is 504 g/mol. The highest BCUT2D eigenvalue weighted by atomic mass is 127. The zero-order valence-corrected chi connectivity index (χ0v) is 19.7. The first-order valence-corrected chi connectivity index (χ1v) is 10.5. The largest absolute Gasteiger partial charge is 0.474 e. The SMILES string of the molecule is CCCC(CCO)CNC(=NCc1ccnc(OC2CCCC2)c1)NCC.I. The van der Waals surface area contributed by atoms with Crippen molar-refractivity contribution in [2.45, 2.75) is 71.4 Å². The predicted molar refractivity (Wildman–Crippen MR) is 125 cm³/mol. The third-order valence-corrected chi connectivity index (χ3v) is 4.95. The Bertz CT molecular complexity index is 559. The first-order valence-electron chi connectivity index (χ1n) is 10.5. The molecule has 1 fully saturated rings. The van der Waals surface area contributed by atoms with Gasteiger partial charge < -0.3 is 20.5 Å². The summed E-state index contributed by atoms with van der Waals surface area (Å²) >= 11 is 0. The summed E-state index contributed by atoms with van der Waals surface area (Å²) in [5, 5.41) is 15.9. The van der Waals surface area contributed by atoms with Gasteiger partial charge in [0.05, 0.1) is 6.54 Å². The van der Waals surface area contributed by atoms with Gasteiger partial charge in [0.1, 0.15) is 6.10 Å². The number of nitrogens with one attached hydrogen (secondary N) is 2. The van der Waals surface area contributed by atoms with Crippen molar-refractivity contribution in [3.63, 3.8) is 0 Å². The molecule has 0 bridgehead atoms. The van der Waals surface area contributed by atoms with Gasteiger partial charge in [-0.2, -0.15) is 0 Å². The molecule has 1 heterocycles. The molecule has 28 heavy (non-hydrogen) atoms. The van der Waals surface area contributed by atoms with Crippen molar-refractivity contribution < 1.29 is 9.84 Å². The predicted octanol–water partition coefficient (Wildman–Crippen LogP) is 3.87. The quantitative estimate of drug-likeness (QED) is 0.242. The number of aliphatic hydroxyl groups excluding tert-OH is 1. The average Bonchev–Trinajstić information content (AvgIpc) is 3.17. The Hall–Kier alpha value is -1.09. The number of hydrogen-bond acceptors (Lipinski definition) is 4. The Labute approximate surface area is 187 Å². The molecule has 1 aromatic rings. The molecule has 0 aliphatic heterocycles. The second-order valence-electron chi connectivity index (χ2n) is 7.27. The third kappa shape index (κ3) is 9.41. The van der Waals surface area contributed by atoms with E-state index in [1.54, 1.807) is 6.20 Å². The molecule has 3 N–H and O–H groups in total. The first kappa shape index (κ1) is 24.9. The topological polar surface area (TPSA) is 78.8 Å². The summed E-state index contributed by atoms with van der Waals surface area (Å²) in [4.78, 5) is 9.04. The minimum Gasteiger partial charge on any atom is -0.474 e. The van der Waals surface area contributed by atoms with Crippen molar-refractivity contribution in [3.05, 3.63) is 23.9 Å². The summed E-state index contributed by atoms with van der Waals surface area (Å²) in [6, 6.07) is 3.98. The Morgan fingerprint density at radius 1 is 1.29 bits per heavy atom. The van der Waals surface area contributed by atoms with Gasteiger partial charge in [-0.15, -0.1) is 24.0 Å². The highest BCUT2D eigenvalue weighted by Gasteiger charge is 2.17. The van der Waals surface area contributed by atoms with E-state index < -0.39 is 0 Å². The molecule has 0 saturated heterocycles. The number of nitrogens with zero attached hydrogens (tertiary/aromatic N) is 2. The van der Waals surface area contributed by atoms with Crippen molar-refractivity contribution >= 4 is 29.9 Å². The molecule has 0 amide bonds. The number of aliphatic imine (C=N–C) groups is 1. The van der Waals surface area contributed by atoms with E-state index in [0.29, 0.717) is 24.4 Å².